The van der Waals surface area contributed by atoms with Crippen molar-refractivity contribution >= 4 is 17.4 Å². The first-order chi connectivity index (χ1) is 14.6. The molecule has 2 aromatic carbocycles. The number of hydrogen-bond donors (Lipinski definition) is 1. The van der Waals surface area contributed by atoms with Gasteiger partial charge in [0, 0.05) is 38.8 Å². The van der Waals surface area contributed by atoms with Crippen LogP contribution in [0.15, 0.2) is 42.5 Å². The van der Waals surface area contributed by atoms with Crippen LogP contribution in [0, 0.1) is 10.1 Å². The minimum atomic E-state index is -0.369. The van der Waals surface area contributed by atoms with E-state index in [4.69, 9.17) is 9.47 Å². The van der Waals surface area contributed by atoms with E-state index in [1.807, 2.05) is 23.1 Å². The molecular formula is C21H24N4O5. The number of urea groups is 1. The van der Waals surface area contributed by atoms with Gasteiger partial charge in [-0.15, -0.1) is 0 Å². The van der Waals surface area contributed by atoms with Crippen molar-refractivity contribution in [3.8, 4) is 11.5 Å². The maximum Gasteiger partial charge on any atom is 0.317 e. The highest BCUT2D eigenvalue weighted by molar-refractivity contribution is 5.75. The molecule has 2 amide bonds. The molecule has 2 aromatic rings. The van der Waals surface area contributed by atoms with Crippen molar-refractivity contribution in [3.05, 3.63) is 58.1 Å². The lowest BCUT2D eigenvalue weighted by Crippen LogP contribution is -2.52. The van der Waals surface area contributed by atoms with Gasteiger partial charge in [0.25, 0.3) is 5.69 Å². The number of para-hydroxylation sites is 2. The summed E-state index contributed by atoms with van der Waals surface area (Å²) in [5, 5.41) is 14.2. The zero-order chi connectivity index (χ0) is 20.9. The summed E-state index contributed by atoms with van der Waals surface area (Å²) in [7, 11) is 0. The number of carbonyl (C=O) groups excluding carboxylic acids is 1. The summed E-state index contributed by atoms with van der Waals surface area (Å²) in [6.45, 7) is 3.77. The number of piperazine rings is 1. The number of carbonyl (C=O) groups is 1. The number of hydrogen-bond acceptors (Lipinski definition) is 6. The zero-order valence-corrected chi connectivity index (χ0v) is 16.6. The molecule has 9 heteroatoms. The SMILES string of the molecule is O=C(NCCc1ccc2c(c1)OCCO2)N1CCN(c2ccccc2[N+](=O)[O-])CC1. The first-order valence-electron chi connectivity index (χ1n) is 10.0. The molecule has 2 aliphatic rings. The molecular weight excluding hydrogens is 388 g/mol. The lowest BCUT2D eigenvalue weighted by molar-refractivity contribution is -0.384. The first-order valence-corrected chi connectivity index (χ1v) is 10.0. The van der Waals surface area contributed by atoms with E-state index < -0.39 is 0 Å². The number of nitrogens with one attached hydrogen (secondary N) is 1. The number of nitro benzene ring substituents is 1. The van der Waals surface area contributed by atoms with Gasteiger partial charge < -0.3 is 24.6 Å². The predicted octanol–water partition coefficient (Wildman–Crippen LogP) is 2.44. The zero-order valence-electron chi connectivity index (χ0n) is 16.6. The van der Waals surface area contributed by atoms with Crippen molar-refractivity contribution in [1.82, 2.24) is 10.2 Å². The summed E-state index contributed by atoms with van der Waals surface area (Å²) >= 11 is 0. The molecule has 2 heterocycles. The molecule has 1 N–H and O–H groups in total. The third kappa shape index (κ3) is 4.40. The third-order valence-corrected chi connectivity index (χ3v) is 5.28. The molecule has 158 valence electrons. The van der Waals surface area contributed by atoms with Crippen LogP contribution < -0.4 is 19.7 Å². The maximum atomic E-state index is 12.5. The molecule has 0 aliphatic carbocycles. The van der Waals surface area contributed by atoms with Crippen LogP contribution in [-0.4, -0.2) is 61.8 Å². The number of rotatable bonds is 5. The van der Waals surface area contributed by atoms with Gasteiger partial charge in [0.05, 0.1) is 4.92 Å². The number of fused-ring (bicyclic) bond motifs is 1. The second-order valence-electron chi connectivity index (χ2n) is 7.18. The fourth-order valence-corrected chi connectivity index (χ4v) is 3.71. The molecule has 9 nitrogen and oxygen atoms in total. The summed E-state index contributed by atoms with van der Waals surface area (Å²) in [6.07, 6.45) is 0.693. The fraction of sp³-hybridized carbons (Fsp3) is 0.381. The summed E-state index contributed by atoms with van der Waals surface area (Å²) in [4.78, 5) is 27.1. The highest BCUT2D eigenvalue weighted by Gasteiger charge is 2.25. The molecule has 1 fully saturated rings. The van der Waals surface area contributed by atoms with Crippen LogP contribution in [0.25, 0.3) is 0 Å². The van der Waals surface area contributed by atoms with E-state index in [-0.39, 0.29) is 16.6 Å². The Kier molecular flexibility index (Phi) is 5.87. The largest absolute Gasteiger partial charge is 0.486 e. The van der Waals surface area contributed by atoms with E-state index >= 15 is 0 Å². The Morgan fingerprint density at radius 3 is 2.53 bits per heavy atom. The van der Waals surface area contributed by atoms with Crippen LogP contribution in [0.3, 0.4) is 0 Å². The molecule has 0 aromatic heterocycles. The lowest BCUT2D eigenvalue weighted by Gasteiger charge is -2.35. The summed E-state index contributed by atoms with van der Waals surface area (Å²) in [5.74, 6) is 1.50. The topological polar surface area (TPSA) is 97.2 Å². The standard InChI is InChI=1S/C21H24N4O5/c26-21(22-8-7-16-5-6-19-20(15-16)30-14-13-29-19)24-11-9-23(10-12-24)17-3-1-2-4-18(17)25(27)28/h1-6,15H,7-14H2,(H,22,26). The van der Waals surface area contributed by atoms with E-state index in [9.17, 15) is 14.9 Å². The molecule has 0 unspecified atom stereocenters. The average Bonchev–Trinajstić information content (AvgIpc) is 2.79. The monoisotopic (exact) mass is 412 g/mol. The molecule has 1 saturated heterocycles. The third-order valence-electron chi connectivity index (χ3n) is 5.28. The van der Waals surface area contributed by atoms with Crippen molar-refractivity contribution in [2.75, 3.05) is 50.8 Å². The first kappa shape index (κ1) is 19.8. The fourth-order valence-electron chi connectivity index (χ4n) is 3.71. The van der Waals surface area contributed by atoms with Crippen molar-refractivity contribution in [2.45, 2.75) is 6.42 Å². The number of nitro groups is 1. The van der Waals surface area contributed by atoms with Crippen molar-refractivity contribution in [2.24, 2.45) is 0 Å². The van der Waals surface area contributed by atoms with Crippen molar-refractivity contribution < 1.29 is 19.2 Å². The van der Waals surface area contributed by atoms with E-state index in [0.717, 1.165) is 17.1 Å². The smallest absolute Gasteiger partial charge is 0.317 e. The van der Waals surface area contributed by atoms with Gasteiger partial charge in [0.15, 0.2) is 11.5 Å². The number of ether oxygens (including phenoxy) is 2. The number of amides is 2. The number of nitrogens with zero attached hydrogens (tertiary/aromatic N) is 3. The Morgan fingerprint density at radius 2 is 1.77 bits per heavy atom. The van der Waals surface area contributed by atoms with E-state index in [0.29, 0.717) is 58.0 Å². The van der Waals surface area contributed by atoms with Gasteiger partial charge in [0.1, 0.15) is 18.9 Å². The van der Waals surface area contributed by atoms with Crippen LogP contribution in [0.4, 0.5) is 16.2 Å². The Hall–Kier alpha value is -3.49. The molecule has 4 rings (SSSR count). The van der Waals surface area contributed by atoms with Crippen LogP contribution >= 0.6 is 0 Å². The van der Waals surface area contributed by atoms with Crippen LogP contribution in [0.2, 0.25) is 0 Å². The summed E-state index contributed by atoms with van der Waals surface area (Å²) in [6, 6.07) is 12.4. The Labute approximate surface area is 174 Å². The van der Waals surface area contributed by atoms with Crippen LogP contribution in [-0.2, 0) is 6.42 Å². The molecule has 0 bridgehead atoms. The van der Waals surface area contributed by atoms with Crippen molar-refractivity contribution in [3.63, 3.8) is 0 Å². The summed E-state index contributed by atoms with van der Waals surface area (Å²) in [5.41, 5.74) is 1.76. The van der Waals surface area contributed by atoms with E-state index in [2.05, 4.69) is 5.32 Å². The molecule has 2 aliphatic heterocycles. The van der Waals surface area contributed by atoms with Gasteiger partial charge in [-0.25, -0.2) is 4.79 Å². The quantitative estimate of drug-likeness (QED) is 0.599. The minimum absolute atomic E-state index is 0.0924. The molecule has 0 radical (unpaired) electrons. The van der Waals surface area contributed by atoms with Gasteiger partial charge in [-0.1, -0.05) is 18.2 Å². The highest BCUT2D eigenvalue weighted by atomic mass is 16.6. The number of benzene rings is 2. The lowest BCUT2D eigenvalue weighted by atomic mass is 10.1. The maximum absolute atomic E-state index is 12.5. The minimum Gasteiger partial charge on any atom is -0.486 e. The van der Waals surface area contributed by atoms with Crippen molar-refractivity contribution in [1.29, 1.82) is 0 Å². The molecule has 30 heavy (non-hydrogen) atoms. The Morgan fingerprint density at radius 1 is 1.03 bits per heavy atom. The normalized spacial score (nSPS) is 15.6. The Balaban J connectivity index is 1.25. The Bertz CT molecular complexity index is 927. The predicted molar refractivity (Wildman–Crippen MR) is 111 cm³/mol. The average molecular weight is 412 g/mol. The van der Waals surface area contributed by atoms with Gasteiger partial charge in [-0.2, -0.15) is 0 Å². The van der Waals surface area contributed by atoms with Gasteiger partial charge in [0.2, 0.25) is 0 Å². The van der Waals surface area contributed by atoms with E-state index in [1.165, 1.54) is 6.07 Å². The van der Waals surface area contributed by atoms with Gasteiger partial charge in [-0.05, 0) is 30.2 Å². The van der Waals surface area contributed by atoms with Gasteiger partial charge >= 0.3 is 6.03 Å². The van der Waals surface area contributed by atoms with Gasteiger partial charge in [-0.3, -0.25) is 10.1 Å². The van der Waals surface area contributed by atoms with Crippen LogP contribution in [0.1, 0.15) is 5.56 Å². The molecule has 0 atom stereocenters. The second kappa shape index (κ2) is 8.89. The second-order valence-corrected chi connectivity index (χ2v) is 7.18. The molecule has 0 saturated carbocycles. The highest BCUT2D eigenvalue weighted by Crippen LogP contribution is 2.31. The summed E-state index contributed by atoms with van der Waals surface area (Å²) < 4.78 is 11.1. The molecule has 0 spiro atoms. The van der Waals surface area contributed by atoms with E-state index in [1.54, 1.807) is 23.1 Å². The number of anilines is 1. The van der Waals surface area contributed by atoms with Crippen LogP contribution in [0.5, 0.6) is 11.5 Å².